The van der Waals surface area contributed by atoms with Crippen molar-refractivity contribution in [3.05, 3.63) is 88.5 Å². The van der Waals surface area contributed by atoms with Crippen molar-refractivity contribution in [3.8, 4) is 17.2 Å². The highest BCUT2D eigenvalue weighted by molar-refractivity contribution is 5.73. The maximum atomic E-state index is 13.6. The Kier molecular flexibility index (Phi) is 8.19. The number of carbonyl (C=O) groups is 1. The summed E-state index contributed by atoms with van der Waals surface area (Å²) < 4.78 is 30.4. The molecule has 0 unspecified atom stereocenters. The molecule has 0 saturated heterocycles. The third-order valence-corrected chi connectivity index (χ3v) is 7.07. The Bertz CT molecular complexity index is 1320. The summed E-state index contributed by atoms with van der Waals surface area (Å²) >= 11 is 0. The summed E-state index contributed by atoms with van der Waals surface area (Å²) in [6.45, 7) is 8.13. The van der Waals surface area contributed by atoms with Crippen molar-refractivity contribution in [2.75, 3.05) is 20.0 Å². The van der Waals surface area contributed by atoms with Crippen LogP contribution in [-0.2, 0) is 29.1 Å². The normalized spacial score (nSPS) is 17.9. The average molecular weight is 548 g/mol. The highest BCUT2D eigenvalue weighted by Gasteiger charge is 2.45. The second kappa shape index (κ2) is 11.8. The van der Waals surface area contributed by atoms with Crippen LogP contribution < -0.4 is 14.2 Å². The fourth-order valence-corrected chi connectivity index (χ4v) is 5.32. The Hall–Kier alpha value is -3.75. The van der Waals surface area contributed by atoms with Crippen molar-refractivity contribution in [3.63, 3.8) is 0 Å². The Labute approximate surface area is 235 Å². The zero-order valence-corrected chi connectivity index (χ0v) is 23.5. The maximum Gasteiger partial charge on any atom is 0.411 e. The van der Waals surface area contributed by atoms with Crippen LogP contribution in [0.1, 0.15) is 54.6 Å². The van der Waals surface area contributed by atoms with E-state index in [9.17, 15) is 9.90 Å². The van der Waals surface area contributed by atoms with E-state index in [0.29, 0.717) is 36.9 Å². The fourth-order valence-electron chi connectivity index (χ4n) is 5.32. The first-order chi connectivity index (χ1) is 19.3. The largest absolute Gasteiger partial charge is 0.488 e. The lowest BCUT2D eigenvalue weighted by molar-refractivity contribution is -0.0275. The van der Waals surface area contributed by atoms with Gasteiger partial charge in [-0.3, -0.25) is 4.90 Å². The van der Waals surface area contributed by atoms with Crippen molar-refractivity contribution < 1.29 is 33.6 Å². The number of aliphatic hydroxyl groups is 1. The Morgan fingerprint density at radius 1 is 0.975 bits per heavy atom. The van der Waals surface area contributed by atoms with Gasteiger partial charge in [0.15, 0.2) is 11.5 Å². The molecule has 1 amide bonds. The minimum atomic E-state index is -0.717. The maximum absolute atomic E-state index is 13.6. The van der Waals surface area contributed by atoms with Gasteiger partial charge >= 0.3 is 6.09 Å². The molecule has 0 spiro atoms. The lowest BCUT2D eigenvalue weighted by Crippen LogP contribution is -2.52. The first-order valence-electron chi connectivity index (χ1n) is 13.6. The number of nitrogens with zero attached hydrogens (tertiary/aromatic N) is 1. The number of amides is 1. The third-order valence-electron chi connectivity index (χ3n) is 7.07. The SMILES string of the molecule is Cc1c(OCc2ccccc2)c2c(c3c1OCO3)[C@@H](COCc1ccccc1)N(C(=O)OC(C)(C)C)[C@@H](CO)C2. The molecule has 0 saturated carbocycles. The molecule has 0 radical (unpaired) electrons. The Balaban J connectivity index is 1.57. The van der Waals surface area contributed by atoms with Crippen molar-refractivity contribution in [2.45, 2.75) is 65.0 Å². The number of rotatable bonds is 8. The van der Waals surface area contributed by atoms with E-state index in [-0.39, 0.29) is 20.0 Å². The minimum Gasteiger partial charge on any atom is -0.488 e. The molecule has 0 bridgehead atoms. The van der Waals surface area contributed by atoms with Gasteiger partial charge in [-0.1, -0.05) is 60.7 Å². The smallest absolute Gasteiger partial charge is 0.411 e. The van der Waals surface area contributed by atoms with E-state index in [1.807, 2.05) is 88.4 Å². The van der Waals surface area contributed by atoms with Crippen LogP contribution in [0.2, 0.25) is 0 Å². The molecule has 8 heteroatoms. The van der Waals surface area contributed by atoms with Crippen LogP contribution in [0.25, 0.3) is 0 Å². The van der Waals surface area contributed by atoms with Gasteiger partial charge in [0.25, 0.3) is 0 Å². The first kappa shape index (κ1) is 27.8. The van der Waals surface area contributed by atoms with E-state index in [0.717, 1.165) is 27.8 Å². The summed E-state index contributed by atoms with van der Waals surface area (Å²) in [7, 11) is 0. The predicted octanol–water partition coefficient (Wildman–Crippen LogP) is 5.71. The van der Waals surface area contributed by atoms with Crippen LogP contribution in [0.4, 0.5) is 4.79 Å². The number of fused-ring (bicyclic) bond motifs is 3. The van der Waals surface area contributed by atoms with Gasteiger partial charge < -0.3 is 28.8 Å². The third kappa shape index (κ3) is 5.88. The molecule has 5 rings (SSSR count). The minimum absolute atomic E-state index is 0.0677. The van der Waals surface area contributed by atoms with Crippen LogP contribution in [0.15, 0.2) is 60.7 Å². The van der Waals surface area contributed by atoms with Crippen LogP contribution in [-0.4, -0.2) is 47.7 Å². The highest BCUT2D eigenvalue weighted by atomic mass is 16.7. The van der Waals surface area contributed by atoms with Gasteiger partial charge in [0.1, 0.15) is 18.0 Å². The zero-order valence-electron chi connectivity index (χ0n) is 23.5. The van der Waals surface area contributed by atoms with E-state index in [2.05, 4.69) is 0 Å². The molecular weight excluding hydrogens is 510 g/mol. The summed E-state index contributed by atoms with van der Waals surface area (Å²) in [6.07, 6.45) is -0.160. The van der Waals surface area contributed by atoms with Crippen LogP contribution in [0.3, 0.4) is 0 Å². The molecule has 0 aromatic heterocycles. The number of ether oxygens (including phenoxy) is 5. The molecule has 212 valence electrons. The lowest BCUT2D eigenvalue weighted by Gasteiger charge is -2.43. The second-order valence-electron chi connectivity index (χ2n) is 11.1. The standard InChI is InChI=1S/C32H37NO7/c1-21-28(37-18-23-13-9-6-10-14-23)25-15-24(16-34)33(31(35)40-32(2,3)4)26(27(25)30-29(21)38-20-39-30)19-36-17-22-11-7-5-8-12-22/h5-14,24,26,34H,15-20H2,1-4H3/t24-,26-/m1/s1. The molecule has 3 aromatic rings. The summed E-state index contributed by atoms with van der Waals surface area (Å²) in [5.74, 6) is 1.86. The molecule has 0 aliphatic carbocycles. The topological polar surface area (TPSA) is 86.7 Å². The molecule has 2 aliphatic rings. The molecule has 2 atom stereocenters. The summed E-state index contributed by atoms with van der Waals surface area (Å²) in [5.41, 5.74) is 3.80. The van der Waals surface area contributed by atoms with Crippen molar-refractivity contribution in [1.82, 2.24) is 4.90 Å². The number of benzene rings is 3. The number of hydrogen-bond acceptors (Lipinski definition) is 7. The number of hydrogen-bond donors (Lipinski definition) is 1. The van der Waals surface area contributed by atoms with Gasteiger partial charge in [-0.05, 0) is 45.2 Å². The fraction of sp³-hybridized carbons (Fsp3) is 0.406. The van der Waals surface area contributed by atoms with Gasteiger partial charge in [-0.15, -0.1) is 0 Å². The molecule has 8 nitrogen and oxygen atoms in total. The van der Waals surface area contributed by atoms with Gasteiger partial charge in [0.05, 0.1) is 31.9 Å². The van der Waals surface area contributed by atoms with Crippen LogP contribution in [0.5, 0.6) is 17.2 Å². The first-order valence-corrected chi connectivity index (χ1v) is 13.6. The summed E-state index contributed by atoms with van der Waals surface area (Å²) in [4.78, 5) is 15.2. The van der Waals surface area contributed by atoms with E-state index < -0.39 is 23.8 Å². The van der Waals surface area contributed by atoms with Crippen LogP contribution >= 0.6 is 0 Å². The molecule has 2 aliphatic heterocycles. The molecule has 3 aromatic carbocycles. The molecular formula is C32H37NO7. The van der Waals surface area contributed by atoms with Crippen molar-refractivity contribution in [2.24, 2.45) is 0 Å². The number of carbonyl (C=O) groups excluding carboxylic acids is 1. The lowest BCUT2D eigenvalue weighted by atomic mass is 9.85. The van der Waals surface area contributed by atoms with Gasteiger partial charge in [-0.25, -0.2) is 4.79 Å². The van der Waals surface area contributed by atoms with E-state index >= 15 is 0 Å². The Morgan fingerprint density at radius 3 is 2.23 bits per heavy atom. The molecule has 40 heavy (non-hydrogen) atoms. The highest BCUT2D eigenvalue weighted by Crippen LogP contribution is 2.53. The number of aliphatic hydroxyl groups excluding tert-OH is 1. The van der Waals surface area contributed by atoms with E-state index in [1.54, 1.807) is 4.90 Å². The quantitative estimate of drug-likeness (QED) is 0.386. The molecule has 2 heterocycles. The summed E-state index contributed by atoms with van der Waals surface area (Å²) in [5, 5.41) is 10.5. The van der Waals surface area contributed by atoms with Gasteiger partial charge in [-0.2, -0.15) is 0 Å². The average Bonchev–Trinajstić information content (AvgIpc) is 3.43. The van der Waals surface area contributed by atoms with Gasteiger partial charge in [0.2, 0.25) is 6.79 Å². The zero-order chi connectivity index (χ0) is 28.3. The van der Waals surface area contributed by atoms with Crippen LogP contribution in [0, 0.1) is 6.92 Å². The van der Waals surface area contributed by atoms with Crippen molar-refractivity contribution in [1.29, 1.82) is 0 Å². The molecule has 0 fully saturated rings. The predicted molar refractivity (Wildman–Crippen MR) is 150 cm³/mol. The summed E-state index contributed by atoms with van der Waals surface area (Å²) in [6, 6.07) is 18.6. The Morgan fingerprint density at radius 2 is 1.60 bits per heavy atom. The van der Waals surface area contributed by atoms with E-state index in [1.165, 1.54) is 0 Å². The second-order valence-corrected chi connectivity index (χ2v) is 11.1. The monoisotopic (exact) mass is 547 g/mol. The molecule has 1 N–H and O–H groups in total. The van der Waals surface area contributed by atoms with Gasteiger partial charge in [0, 0.05) is 16.7 Å². The van der Waals surface area contributed by atoms with E-state index in [4.69, 9.17) is 23.7 Å². The van der Waals surface area contributed by atoms with Crippen molar-refractivity contribution >= 4 is 6.09 Å².